The summed E-state index contributed by atoms with van der Waals surface area (Å²) in [5.41, 5.74) is 5.83. The van der Waals surface area contributed by atoms with Crippen LogP contribution in [-0.2, 0) is 5.41 Å². The number of nitrogens with zero attached hydrogens (tertiary/aromatic N) is 3. The Hall–Kier alpha value is -2.81. The fourth-order valence-electron chi connectivity index (χ4n) is 3.94. The van der Waals surface area contributed by atoms with Crippen molar-refractivity contribution in [3.63, 3.8) is 0 Å². The zero-order valence-electron chi connectivity index (χ0n) is 13.0. The topological polar surface area (TPSA) is 38.7 Å². The van der Waals surface area contributed by atoms with Gasteiger partial charge in [0.1, 0.15) is 0 Å². The van der Waals surface area contributed by atoms with Gasteiger partial charge in [0.2, 0.25) is 0 Å². The van der Waals surface area contributed by atoms with Crippen LogP contribution in [0.5, 0.6) is 0 Å². The summed E-state index contributed by atoms with van der Waals surface area (Å²) in [7, 11) is 0. The summed E-state index contributed by atoms with van der Waals surface area (Å²) in [5.74, 6) is 0. The van der Waals surface area contributed by atoms with Crippen molar-refractivity contribution in [3.05, 3.63) is 66.2 Å². The Morgan fingerprint density at radius 1 is 0.913 bits per heavy atom. The van der Waals surface area contributed by atoms with Crippen LogP contribution in [0.3, 0.4) is 0 Å². The van der Waals surface area contributed by atoms with Gasteiger partial charge >= 0.3 is 0 Å². The molecule has 0 atom stereocenters. The maximum Gasteiger partial charge on any atom is 0.0746 e. The standard InChI is InChI=1S/C20H15N3/c1-20(2)15-4-3-8-22-19(15)13-5-6-16-17(18(13)20)14-11-21-9-7-12(14)10-23-16/h3-11H,1-2H3. The van der Waals surface area contributed by atoms with E-state index in [4.69, 9.17) is 0 Å². The average Bonchev–Trinajstić information content (AvgIpc) is 2.83. The van der Waals surface area contributed by atoms with Gasteiger partial charge in [-0.3, -0.25) is 15.0 Å². The molecule has 0 spiro atoms. The SMILES string of the molecule is CC1(C)c2cccnc2-c2ccc3ncc4ccncc4c3c21. The molecule has 3 heteroatoms. The molecule has 3 aromatic heterocycles. The Balaban J connectivity index is 2.04. The van der Waals surface area contributed by atoms with Gasteiger partial charge in [0, 0.05) is 51.9 Å². The first-order chi connectivity index (χ1) is 11.2. The molecule has 3 heterocycles. The number of hydrogen-bond acceptors (Lipinski definition) is 3. The highest BCUT2D eigenvalue weighted by Crippen LogP contribution is 2.50. The molecule has 0 amide bonds. The van der Waals surface area contributed by atoms with Crippen molar-refractivity contribution in [2.75, 3.05) is 0 Å². The number of fused-ring (bicyclic) bond motifs is 7. The van der Waals surface area contributed by atoms with E-state index in [1.54, 1.807) is 0 Å². The van der Waals surface area contributed by atoms with Crippen molar-refractivity contribution >= 4 is 21.7 Å². The van der Waals surface area contributed by atoms with Crippen LogP contribution in [0.4, 0.5) is 0 Å². The first kappa shape index (κ1) is 12.7. The minimum Gasteiger partial charge on any atom is -0.264 e. The van der Waals surface area contributed by atoms with Crippen LogP contribution in [0.25, 0.3) is 32.9 Å². The molecule has 0 radical (unpaired) electrons. The van der Waals surface area contributed by atoms with Crippen LogP contribution in [-0.4, -0.2) is 15.0 Å². The lowest BCUT2D eigenvalue weighted by molar-refractivity contribution is 0.665. The first-order valence-electron chi connectivity index (χ1n) is 7.80. The molecule has 0 N–H and O–H groups in total. The Labute approximate surface area is 134 Å². The fraction of sp³-hybridized carbons (Fsp3) is 0.150. The molecule has 3 nitrogen and oxygen atoms in total. The Morgan fingerprint density at radius 2 is 1.83 bits per heavy atom. The summed E-state index contributed by atoms with van der Waals surface area (Å²) < 4.78 is 0. The van der Waals surface area contributed by atoms with Gasteiger partial charge in [-0.25, -0.2) is 0 Å². The van der Waals surface area contributed by atoms with Gasteiger partial charge in [0.15, 0.2) is 0 Å². The minimum atomic E-state index is -0.0930. The van der Waals surface area contributed by atoms with E-state index < -0.39 is 0 Å². The van der Waals surface area contributed by atoms with E-state index in [0.29, 0.717) is 0 Å². The molecule has 0 aliphatic heterocycles. The quantitative estimate of drug-likeness (QED) is 0.449. The lowest BCUT2D eigenvalue weighted by Gasteiger charge is -2.23. The van der Waals surface area contributed by atoms with E-state index in [-0.39, 0.29) is 5.41 Å². The van der Waals surface area contributed by atoms with Gasteiger partial charge in [0.05, 0.1) is 11.2 Å². The Morgan fingerprint density at radius 3 is 2.74 bits per heavy atom. The zero-order valence-corrected chi connectivity index (χ0v) is 13.0. The van der Waals surface area contributed by atoms with E-state index in [9.17, 15) is 0 Å². The number of hydrogen-bond donors (Lipinski definition) is 0. The monoisotopic (exact) mass is 297 g/mol. The van der Waals surface area contributed by atoms with E-state index in [2.05, 4.69) is 47.0 Å². The molecule has 23 heavy (non-hydrogen) atoms. The maximum absolute atomic E-state index is 4.67. The number of benzene rings is 1. The van der Waals surface area contributed by atoms with E-state index >= 15 is 0 Å². The third-order valence-electron chi connectivity index (χ3n) is 5.01. The minimum absolute atomic E-state index is 0.0930. The summed E-state index contributed by atoms with van der Waals surface area (Å²) in [6.45, 7) is 4.54. The van der Waals surface area contributed by atoms with Crippen molar-refractivity contribution in [2.24, 2.45) is 0 Å². The molecule has 0 bridgehead atoms. The maximum atomic E-state index is 4.67. The second-order valence-corrected chi connectivity index (χ2v) is 6.63. The summed E-state index contributed by atoms with van der Waals surface area (Å²) >= 11 is 0. The predicted octanol–water partition coefficient (Wildman–Crippen LogP) is 4.48. The average molecular weight is 297 g/mol. The van der Waals surface area contributed by atoms with Crippen molar-refractivity contribution < 1.29 is 0 Å². The molecular weight excluding hydrogens is 282 g/mol. The van der Waals surface area contributed by atoms with Crippen molar-refractivity contribution in [3.8, 4) is 11.3 Å². The van der Waals surface area contributed by atoms with Gasteiger partial charge in [-0.15, -0.1) is 0 Å². The molecule has 5 rings (SSSR count). The normalized spacial score (nSPS) is 14.9. The predicted molar refractivity (Wildman–Crippen MR) is 92.4 cm³/mol. The molecular formula is C20H15N3. The summed E-state index contributed by atoms with van der Waals surface area (Å²) in [4.78, 5) is 13.7. The number of rotatable bonds is 0. The third kappa shape index (κ3) is 1.51. The largest absolute Gasteiger partial charge is 0.264 e. The molecule has 4 aromatic rings. The van der Waals surface area contributed by atoms with E-state index in [1.165, 1.54) is 22.1 Å². The van der Waals surface area contributed by atoms with Crippen molar-refractivity contribution in [2.45, 2.75) is 19.3 Å². The van der Waals surface area contributed by atoms with Crippen LogP contribution >= 0.6 is 0 Å². The molecule has 1 aromatic carbocycles. The van der Waals surface area contributed by atoms with E-state index in [0.717, 1.165) is 22.0 Å². The van der Waals surface area contributed by atoms with E-state index in [1.807, 2.05) is 36.9 Å². The highest BCUT2D eigenvalue weighted by molar-refractivity contribution is 6.10. The highest BCUT2D eigenvalue weighted by atomic mass is 14.7. The van der Waals surface area contributed by atoms with Gasteiger partial charge in [-0.05, 0) is 29.3 Å². The molecule has 110 valence electrons. The molecule has 1 aliphatic carbocycles. The fourth-order valence-corrected chi connectivity index (χ4v) is 3.94. The van der Waals surface area contributed by atoms with Crippen LogP contribution < -0.4 is 0 Å². The van der Waals surface area contributed by atoms with Crippen LogP contribution in [0, 0.1) is 0 Å². The van der Waals surface area contributed by atoms with Crippen LogP contribution in [0.2, 0.25) is 0 Å². The zero-order chi connectivity index (χ0) is 15.6. The van der Waals surface area contributed by atoms with Gasteiger partial charge in [-0.2, -0.15) is 0 Å². The lowest BCUT2D eigenvalue weighted by atomic mass is 9.80. The molecule has 0 saturated heterocycles. The second kappa shape index (κ2) is 4.13. The Bertz CT molecular complexity index is 1100. The molecule has 0 saturated carbocycles. The van der Waals surface area contributed by atoms with Gasteiger partial charge in [0.25, 0.3) is 0 Å². The molecule has 1 aliphatic rings. The summed E-state index contributed by atoms with van der Waals surface area (Å²) in [5, 5.41) is 3.49. The Kier molecular flexibility index (Phi) is 2.28. The molecule has 0 fully saturated rings. The van der Waals surface area contributed by atoms with Gasteiger partial charge in [-0.1, -0.05) is 26.0 Å². The highest BCUT2D eigenvalue weighted by Gasteiger charge is 2.38. The van der Waals surface area contributed by atoms with Crippen molar-refractivity contribution in [1.82, 2.24) is 15.0 Å². The van der Waals surface area contributed by atoms with Crippen LogP contribution in [0.15, 0.2) is 55.1 Å². The third-order valence-corrected chi connectivity index (χ3v) is 5.01. The second-order valence-electron chi connectivity index (χ2n) is 6.63. The summed E-state index contributed by atoms with van der Waals surface area (Å²) in [6, 6.07) is 10.5. The molecule has 0 unspecified atom stereocenters. The summed E-state index contributed by atoms with van der Waals surface area (Å²) in [6.07, 6.45) is 7.57. The van der Waals surface area contributed by atoms with Gasteiger partial charge < -0.3 is 0 Å². The smallest absolute Gasteiger partial charge is 0.0746 e. The van der Waals surface area contributed by atoms with Crippen LogP contribution in [0.1, 0.15) is 25.0 Å². The van der Waals surface area contributed by atoms with Crippen molar-refractivity contribution in [1.29, 1.82) is 0 Å². The number of aromatic nitrogens is 3. The first-order valence-corrected chi connectivity index (χ1v) is 7.80. The number of pyridine rings is 3. The lowest BCUT2D eigenvalue weighted by Crippen LogP contribution is -2.15.